The minimum Gasteiger partial charge on any atom is -0.388 e. The highest BCUT2D eigenvalue weighted by atomic mass is 35.5. The van der Waals surface area contributed by atoms with E-state index in [0.29, 0.717) is 17.6 Å². The topological polar surface area (TPSA) is 62.4 Å². The van der Waals surface area contributed by atoms with Crippen LogP contribution in [0.4, 0.5) is 9.52 Å². The molecule has 0 aliphatic carbocycles. The molecule has 1 aromatic carbocycles. The number of hydrogen-bond acceptors (Lipinski definition) is 5. The van der Waals surface area contributed by atoms with E-state index in [1.165, 1.54) is 23.5 Å². The van der Waals surface area contributed by atoms with Crippen LogP contribution in [-0.4, -0.2) is 27.6 Å². The van der Waals surface area contributed by atoms with Crippen molar-refractivity contribution >= 4 is 28.9 Å². The van der Waals surface area contributed by atoms with E-state index in [2.05, 4.69) is 9.88 Å². The van der Waals surface area contributed by atoms with Gasteiger partial charge >= 0.3 is 0 Å². The Kier molecular flexibility index (Phi) is 6.35. The van der Waals surface area contributed by atoms with Gasteiger partial charge in [-0.2, -0.15) is 0 Å². The number of rotatable bonds is 5. The van der Waals surface area contributed by atoms with E-state index in [1.807, 2.05) is 6.20 Å². The number of nitrogen functional groups attached to an aromatic ring is 1. The molecule has 126 valence electrons. The summed E-state index contributed by atoms with van der Waals surface area (Å²) in [4.78, 5) is 7.61. The summed E-state index contributed by atoms with van der Waals surface area (Å²) in [5, 5.41) is 11.0. The Bertz CT molecular complexity index is 622. The third-order valence-electron chi connectivity index (χ3n) is 4.18. The standard InChI is InChI=1S/C16H20FN3OS.ClH/c17-12-5-3-11(4-6-12)15(21)8-13-2-1-7-20(13)10-14-9-19-16(18)22-14;/h3-6,9,13,15,21H,1-2,7-8,10H2,(H2,18,19);1H. The van der Waals surface area contributed by atoms with Crippen LogP contribution in [0.5, 0.6) is 0 Å². The molecule has 1 aromatic heterocycles. The molecular weight excluding hydrogens is 337 g/mol. The molecule has 23 heavy (non-hydrogen) atoms. The van der Waals surface area contributed by atoms with Crippen LogP contribution >= 0.6 is 23.7 Å². The van der Waals surface area contributed by atoms with Crippen LogP contribution in [0, 0.1) is 5.82 Å². The summed E-state index contributed by atoms with van der Waals surface area (Å²) >= 11 is 1.51. The minimum absolute atomic E-state index is 0. The highest BCUT2D eigenvalue weighted by Gasteiger charge is 2.27. The van der Waals surface area contributed by atoms with Crippen molar-refractivity contribution < 1.29 is 9.50 Å². The minimum atomic E-state index is -0.558. The number of nitrogens with two attached hydrogens (primary N) is 1. The maximum atomic E-state index is 13.0. The smallest absolute Gasteiger partial charge is 0.180 e. The maximum absolute atomic E-state index is 13.0. The molecule has 3 N–H and O–H groups in total. The molecule has 1 aliphatic heterocycles. The average Bonchev–Trinajstić information content (AvgIpc) is 3.10. The quantitative estimate of drug-likeness (QED) is 0.861. The highest BCUT2D eigenvalue weighted by molar-refractivity contribution is 7.15. The van der Waals surface area contributed by atoms with E-state index in [4.69, 9.17) is 5.73 Å². The second kappa shape index (κ2) is 8.06. The largest absolute Gasteiger partial charge is 0.388 e. The molecule has 4 nitrogen and oxygen atoms in total. The van der Waals surface area contributed by atoms with E-state index >= 15 is 0 Å². The molecule has 2 heterocycles. The molecule has 0 spiro atoms. The zero-order valence-electron chi connectivity index (χ0n) is 12.7. The van der Waals surface area contributed by atoms with Crippen molar-refractivity contribution in [2.45, 2.75) is 38.0 Å². The van der Waals surface area contributed by atoms with Crippen molar-refractivity contribution in [2.75, 3.05) is 12.3 Å². The summed E-state index contributed by atoms with van der Waals surface area (Å²) in [7, 11) is 0. The molecule has 2 atom stereocenters. The fraction of sp³-hybridized carbons (Fsp3) is 0.438. The van der Waals surface area contributed by atoms with Crippen molar-refractivity contribution in [2.24, 2.45) is 0 Å². The van der Waals surface area contributed by atoms with Crippen LogP contribution in [0.2, 0.25) is 0 Å². The lowest BCUT2D eigenvalue weighted by Gasteiger charge is -2.26. The lowest BCUT2D eigenvalue weighted by Crippen LogP contribution is -2.30. The molecule has 3 rings (SSSR count). The fourth-order valence-electron chi connectivity index (χ4n) is 3.04. The Balaban J connectivity index is 0.00000192. The van der Waals surface area contributed by atoms with Gasteiger partial charge in [0.1, 0.15) is 5.82 Å². The van der Waals surface area contributed by atoms with Crippen LogP contribution in [0.25, 0.3) is 0 Å². The molecule has 0 bridgehead atoms. The summed E-state index contributed by atoms with van der Waals surface area (Å²) in [5.74, 6) is -0.277. The number of nitrogens with zero attached hydrogens (tertiary/aromatic N) is 2. The van der Waals surface area contributed by atoms with Gasteiger partial charge in [0.2, 0.25) is 0 Å². The Hall–Kier alpha value is -1.21. The first-order chi connectivity index (χ1) is 10.6. The third kappa shape index (κ3) is 4.64. The van der Waals surface area contributed by atoms with Crippen molar-refractivity contribution in [3.05, 3.63) is 46.7 Å². The lowest BCUT2D eigenvalue weighted by atomic mass is 10.0. The van der Waals surface area contributed by atoms with Gasteiger partial charge in [-0.05, 0) is 43.5 Å². The van der Waals surface area contributed by atoms with E-state index in [1.54, 1.807) is 12.1 Å². The number of halogens is 2. The summed E-state index contributed by atoms with van der Waals surface area (Å²) in [5.41, 5.74) is 6.45. The van der Waals surface area contributed by atoms with E-state index in [-0.39, 0.29) is 18.2 Å². The number of benzene rings is 1. The normalized spacial score (nSPS) is 19.5. The van der Waals surface area contributed by atoms with Crippen LogP contribution in [0.1, 0.15) is 35.8 Å². The molecule has 7 heteroatoms. The zero-order valence-corrected chi connectivity index (χ0v) is 14.3. The van der Waals surface area contributed by atoms with Crippen molar-refractivity contribution in [3.8, 4) is 0 Å². The van der Waals surface area contributed by atoms with Crippen molar-refractivity contribution in [3.63, 3.8) is 0 Å². The first-order valence-corrected chi connectivity index (χ1v) is 8.31. The molecule has 2 unspecified atom stereocenters. The van der Waals surface area contributed by atoms with Gasteiger partial charge in [0.25, 0.3) is 0 Å². The predicted molar refractivity (Wildman–Crippen MR) is 93.2 cm³/mol. The molecule has 1 fully saturated rings. The number of anilines is 1. The van der Waals surface area contributed by atoms with Crippen LogP contribution in [0.15, 0.2) is 30.5 Å². The van der Waals surface area contributed by atoms with Gasteiger partial charge in [-0.3, -0.25) is 4.90 Å². The molecule has 1 saturated heterocycles. The predicted octanol–water partition coefficient (Wildman–Crippen LogP) is 3.37. The lowest BCUT2D eigenvalue weighted by molar-refractivity contribution is 0.118. The first kappa shape index (κ1) is 18.1. The number of thiazole rings is 1. The summed E-state index contributed by atoms with van der Waals surface area (Å²) in [6.45, 7) is 1.86. The Morgan fingerprint density at radius 1 is 1.39 bits per heavy atom. The fourth-order valence-corrected chi connectivity index (χ4v) is 3.75. The van der Waals surface area contributed by atoms with Gasteiger partial charge in [-0.1, -0.05) is 12.1 Å². The maximum Gasteiger partial charge on any atom is 0.180 e. The second-order valence-corrected chi connectivity index (χ2v) is 6.88. The Labute approximate surface area is 145 Å². The van der Waals surface area contributed by atoms with Crippen LogP contribution in [-0.2, 0) is 6.54 Å². The molecule has 1 aliphatic rings. The molecule has 0 radical (unpaired) electrons. The number of aliphatic hydroxyl groups excluding tert-OH is 1. The van der Waals surface area contributed by atoms with Gasteiger partial charge in [0, 0.05) is 23.7 Å². The average molecular weight is 358 g/mol. The second-order valence-electron chi connectivity index (χ2n) is 5.73. The van der Waals surface area contributed by atoms with Crippen LogP contribution in [0.3, 0.4) is 0 Å². The van der Waals surface area contributed by atoms with Gasteiger partial charge < -0.3 is 10.8 Å². The highest BCUT2D eigenvalue weighted by Crippen LogP contribution is 2.29. The van der Waals surface area contributed by atoms with E-state index in [9.17, 15) is 9.50 Å². The zero-order chi connectivity index (χ0) is 15.5. The number of aliphatic hydroxyl groups is 1. The van der Waals surface area contributed by atoms with Gasteiger partial charge in [0.05, 0.1) is 6.10 Å². The SMILES string of the molecule is Cl.Nc1ncc(CN2CCCC2CC(O)c2ccc(F)cc2)s1. The monoisotopic (exact) mass is 357 g/mol. The van der Waals surface area contributed by atoms with Crippen molar-refractivity contribution in [1.82, 2.24) is 9.88 Å². The molecular formula is C16H21ClFN3OS. The summed E-state index contributed by atoms with van der Waals surface area (Å²) in [6, 6.07) is 6.44. The summed E-state index contributed by atoms with van der Waals surface area (Å²) < 4.78 is 13.0. The van der Waals surface area contributed by atoms with E-state index in [0.717, 1.165) is 36.4 Å². The Morgan fingerprint density at radius 2 is 2.13 bits per heavy atom. The van der Waals surface area contributed by atoms with Crippen molar-refractivity contribution in [1.29, 1.82) is 0 Å². The Morgan fingerprint density at radius 3 is 2.78 bits per heavy atom. The van der Waals surface area contributed by atoms with Gasteiger partial charge in [0.15, 0.2) is 5.13 Å². The molecule has 0 saturated carbocycles. The third-order valence-corrected chi connectivity index (χ3v) is 4.99. The molecule has 0 amide bonds. The number of hydrogen-bond donors (Lipinski definition) is 2. The molecule has 2 aromatic rings. The van der Waals surface area contributed by atoms with Gasteiger partial charge in [-0.15, -0.1) is 23.7 Å². The van der Waals surface area contributed by atoms with E-state index < -0.39 is 6.10 Å². The summed E-state index contributed by atoms with van der Waals surface area (Å²) in [6.07, 6.45) is 4.14. The number of aromatic nitrogens is 1. The first-order valence-electron chi connectivity index (χ1n) is 7.49. The number of likely N-dealkylation sites (tertiary alicyclic amines) is 1. The van der Waals surface area contributed by atoms with Gasteiger partial charge in [-0.25, -0.2) is 9.37 Å². The van der Waals surface area contributed by atoms with Crippen LogP contribution < -0.4 is 5.73 Å².